The smallest absolute Gasteiger partial charge is 0.274 e. The van der Waals surface area contributed by atoms with Crippen LogP contribution in [0.15, 0.2) is 29.9 Å². The molecule has 0 bridgehead atoms. The minimum absolute atomic E-state index is 0.0247. The Labute approximate surface area is 140 Å². The number of likely N-dealkylation sites (tertiary alicyclic amines) is 2. The van der Waals surface area contributed by atoms with E-state index in [4.69, 9.17) is 0 Å². The molecule has 4 heterocycles. The number of fused-ring (bicyclic) bond motifs is 1. The first kappa shape index (κ1) is 14.8. The van der Waals surface area contributed by atoms with Gasteiger partial charge in [-0.15, -0.1) is 11.3 Å². The number of aryl methyl sites for hydroxylation is 1. The molecule has 0 aliphatic carbocycles. The van der Waals surface area contributed by atoms with Crippen LogP contribution >= 0.6 is 11.3 Å². The molecule has 2 aliphatic heterocycles. The first-order valence-corrected chi connectivity index (χ1v) is 8.89. The molecule has 2 aliphatic rings. The standard InChI is InChI=1S/C17H20N4OS/c1-12-5-19-16(6-18-12)17(22)21-9-13-7-20(8-14(13)10-21)11-15-3-2-4-23-15/h2-6,13-14H,7-11H2,1H3/t13-,14+. The summed E-state index contributed by atoms with van der Waals surface area (Å²) < 4.78 is 0. The van der Waals surface area contributed by atoms with Gasteiger partial charge < -0.3 is 4.90 Å². The number of carbonyl (C=O) groups is 1. The number of nitrogens with zero attached hydrogens (tertiary/aromatic N) is 4. The second-order valence-corrected chi connectivity index (χ2v) is 7.58. The molecular weight excluding hydrogens is 308 g/mol. The van der Waals surface area contributed by atoms with E-state index in [9.17, 15) is 4.79 Å². The largest absolute Gasteiger partial charge is 0.337 e. The minimum atomic E-state index is 0.0247. The van der Waals surface area contributed by atoms with Crippen LogP contribution in [-0.2, 0) is 6.54 Å². The fraction of sp³-hybridized carbons (Fsp3) is 0.471. The molecule has 0 spiro atoms. The van der Waals surface area contributed by atoms with Crippen LogP contribution in [0.3, 0.4) is 0 Å². The van der Waals surface area contributed by atoms with Gasteiger partial charge in [0.05, 0.1) is 11.9 Å². The molecule has 0 aromatic carbocycles. The first-order valence-electron chi connectivity index (χ1n) is 8.01. The topological polar surface area (TPSA) is 49.3 Å². The summed E-state index contributed by atoms with van der Waals surface area (Å²) in [4.78, 5) is 26.8. The van der Waals surface area contributed by atoms with Crippen molar-refractivity contribution >= 4 is 17.2 Å². The van der Waals surface area contributed by atoms with Crippen molar-refractivity contribution in [2.75, 3.05) is 26.2 Å². The molecule has 1 amide bonds. The Morgan fingerprint density at radius 1 is 1.22 bits per heavy atom. The Hall–Kier alpha value is -1.79. The Morgan fingerprint density at radius 3 is 2.61 bits per heavy atom. The number of hydrogen-bond donors (Lipinski definition) is 0. The molecule has 6 heteroatoms. The van der Waals surface area contributed by atoms with Gasteiger partial charge in [-0.25, -0.2) is 4.98 Å². The van der Waals surface area contributed by atoms with Crippen LogP contribution in [0, 0.1) is 18.8 Å². The van der Waals surface area contributed by atoms with Gasteiger partial charge in [0.1, 0.15) is 5.69 Å². The lowest BCUT2D eigenvalue weighted by Crippen LogP contribution is -2.33. The molecule has 4 rings (SSSR count). The molecule has 0 radical (unpaired) electrons. The highest BCUT2D eigenvalue weighted by Crippen LogP contribution is 2.32. The summed E-state index contributed by atoms with van der Waals surface area (Å²) in [5.41, 5.74) is 1.30. The third kappa shape index (κ3) is 3.01. The quantitative estimate of drug-likeness (QED) is 0.865. The highest BCUT2D eigenvalue weighted by Gasteiger charge is 2.41. The van der Waals surface area contributed by atoms with Crippen molar-refractivity contribution in [3.05, 3.63) is 46.2 Å². The molecule has 0 N–H and O–H groups in total. The molecule has 2 aromatic heterocycles. The summed E-state index contributed by atoms with van der Waals surface area (Å²) in [6.07, 6.45) is 3.25. The lowest BCUT2D eigenvalue weighted by molar-refractivity contribution is 0.0767. The van der Waals surface area contributed by atoms with Gasteiger partial charge in [-0.3, -0.25) is 14.7 Å². The average Bonchev–Trinajstić information content (AvgIpc) is 3.24. The maximum Gasteiger partial charge on any atom is 0.274 e. The predicted octanol–water partition coefficient (Wildman–Crippen LogP) is 2.05. The van der Waals surface area contributed by atoms with E-state index in [0.29, 0.717) is 17.5 Å². The zero-order valence-electron chi connectivity index (χ0n) is 13.2. The van der Waals surface area contributed by atoms with Crippen LogP contribution < -0.4 is 0 Å². The third-order valence-electron chi connectivity index (χ3n) is 4.81. The van der Waals surface area contributed by atoms with E-state index in [2.05, 4.69) is 32.4 Å². The second-order valence-electron chi connectivity index (χ2n) is 6.55. The van der Waals surface area contributed by atoms with Crippen LogP contribution in [0.2, 0.25) is 0 Å². The van der Waals surface area contributed by atoms with Crippen molar-refractivity contribution < 1.29 is 4.79 Å². The molecule has 2 atom stereocenters. The van der Waals surface area contributed by atoms with Gasteiger partial charge in [-0.05, 0) is 30.2 Å². The molecular formula is C17H20N4OS. The highest BCUT2D eigenvalue weighted by atomic mass is 32.1. The maximum absolute atomic E-state index is 12.5. The van der Waals surface area contributed by atoms with E-state index in [1.165, 1.54) is 4.88 Å². The average molecular weight is 328 g/mol. The van der Waals surface area contributed by atoms with Crippen LogP contribution in [0.1, 0.15) is 21.1 Å². The van der Waals surface area contributed by atoms with Gasteiger partial charge in [0.15, 0.2) is 0 Å². The highest BCUT2D eigenvalue weighted by molar-refractivity contribution is 7.09. The lowest BCUT2D eigenvalue weighted by Gasteiger charge is -2.21. The molecule has 2 saturated heterocycles. The lowest BCUT2D eigenvalue weighted by atomic mass is 10.0. The van der Waals surface area contributed by atoms with Gasteiger partial charge >= 0.3 is 0 Å². The summed E-state index contributed by atoms with van der Waals surface area (Å²) in [7, 11) is 0. The van der Waals surface area contributed by atoms with E-state index in [1.54, 1.807) is 12.4 Å². The van der Waals surface area contributed by atoms with E-state index < -0.39 is 0 Å². The molecule has 2 fully saturated rings. The molecule has 23 heavy (non-hydrogen) atoms. The number of amides is 1. The van der Waals surface area contributed by atoms with Crippen molar-refractivity contribution in [1.29, 1.82) is 0 Å². The summed E-state index contributed by atoms with van der Waals surface area (Å²) in [5, 5.41) is 2.13. The van der Waals surface area contributed by atoms with Crippen LogP contribution in [0.25, 0.3) is 0 Å². The molecule has 0 saturated carbocycles. The van der Waals surface area contributed by atoms with Gasteiger partial charge in [0.2, 0.25) is 0 Å². The zero-order chi connectivity index (χ0) is 15.8. The fourth-order valence-corrected chi connectivity index (χ4v) is 4.42. The Kier molecular flexibility index (Phi) is 3.87. The predicted molar refractivity (Wildman–Crippen MR) is 89.2 cm³/mol. The summed E-state index contributed by atoms with van der Waals surface area (Å²) >= 11 is 1.82. The van der Waals surface area contributed by atoms with E-state index in [0.717, 1.165) is 38.4 Å². The normalized spacial score (nSPS) is 24.1. The second kappa shape index (κ2) is 6.02. The number of hydrogen-bond acceptors (Lipinski definition) is 5. The number of carbonyl (C=O) groups excluding carboxylic acids is 1. The number of thiophene rings is 1. The SMILES string of the molecule is Cc1cnc(C(=O)N2C[C@H]3CN(Cc4cccs4)C[C@H]3C2)cn1. The van der Waals surface area contributed by atoms with Gasteiger partial charge in [0, 0.05) is 43.8 Å². The third-order valence-corrected chi connectivity index (χ3v) is 5.67. The monoisotopic (exact) mass is 328 g/mol. The van der Waals surface area contributed by atoms with Crippen molar-refractivity contribution in [3.8, 4) is 0 Å². The van der Waals surface area contributed by atoms with E-state index in [1.807, 2.05) is 23.2 Å². The summed E-state index contributed by atoms with van der Waals surface area (Å²) in [5.74, 6) is 1.21. The van der Waals surface area contributed by atoms with Gasteiger partial charge in [-0.1, -0.05) is 6.07 Å². The van der Waals surface area contributed by atoms with Crippen molar-refractivity contribution in [1.82, 2.24) is 19.8 Å². The van der Waals surface area contributed by atoms with Crippen LogP contribution in [0.4, 0.5) is 0 Å². The molecule has 120 valence electrons. The maximum atomic E-state index is 12.5. The first-order chi connectivity index (χ1) is 11.2. The fourth-order valence-electron chi connectivity index (χ4n) is 3.67. The van der Waals surface area contributed by atoms with Crippen molar-refractivity contribution in [2.24, 2.45) is 11.8 Å². The summed E-state index contributed by atoms with van der Waals surface area (Å²) in [6.45, 7) is 6.80. The van der Waals surface area contributed by atoms with Gasteiger partial charge in [0.25, 0.3) is 5.91 Å². The van der Waals surface area contributed by atoms with Crippen LogP contribution in [0.5, 0.6) is 0 Å². The Balaban J connectivity index is 1.36. The van der Waals surface area contributed by atoms with E-state index in [-0.39, 0.29) is 5.91 Å². The van der Waals surface area contributed by atoms with E-state index >= 15 is 0 Å². The van der Waals surface area contributed by atoms with Crippen molar-refractivity contribution in [2.45, 2.75) is 13.5 Å². The number of rotatable bonds is 3. The zero-order valence-corrected chi connectivity index (χ0v) is 14.0. The van der Waals surface area contributed by atoms with Crippen molar-refractivity contribution in [3.63, 3.8) is 0 Å². The minimum Gasteiger partial charge on any atom is -0.337 e. The number of aromatic nitrogens is 2. The Bertz CT molecular complexity index is 671. The Morgan fingerprint density at radius 2 is 2.00 bits per heavy atom. The molecule has 5 nitrogen and oxygen atoms in total. The molecule has 0 unspecified atom stereocenters. The van der Waals surface area contributed by atoms with Crippen LogP contribution in [-0.4, -0.2) is 51.9 Å². The molecule has 2 aromatic rings. The van der Waals surface area contributed by atoms with Gasteiger partial charge in [-0.2, -0.15) is 0 Å². The summed E-state index contributed by atoms with van der Waals surface area (Å²) in [6, 6.07) is 4.31.